The highest BCUT2D eigenvalue weighted by molar-refractivity contribution is 7.51. The summed E-state index contributed by atoms with van der Waals surface area (Å²) < 4.78 is 62.5. The number of hydrogen-bond donors (Lipinski definition) is 1. The van der Waals surface area contributed by atoms with Crippen LogP contribution < -0.4 is 10.1 Å². The quantitative estimate of drug-likeness (QED) is 0.469. The lowest BCUT2D eigenvalue weighted by Gasteiger charge is -2.26. The molecule has 2 aromatic heterocycles. The Morgan fingerprint density at radius 3 is 2.46 bits per heavy atom. The summed E-state index contributed by atoms with van der Waals surface area (Å²) in [6.07, 6.45) is 1.36. The maximum atomic E-state index is 13.0. The van der Waals surface area contributed by atoms with Gasteiger partial charge in [0.15, 0.2) is 5.69 Å². The Hall–Kier alpha value is -2.47. The molecule has 8 nitrogen and oxygen atoms in total. The number of aryl methyl sites for hydroxylation is 1. The number of alkyl halides is 3. The molecule has 1 atom stereocenters. The van der Waals surface area contributed by atoms with Gasteiger partial charge in [-0.15, -0.1) is 0 Å². The van der Waals surface area contributed by atoms with Gasteiger partial charge in [-0.05, 0) is 31.6 Å². The van der Waals surface area contributed by atoms with Crippen LogP contribution in [0.2, 0.25) is 5.02 Å². The topological polar surface area (TPSA) is 103 Å². The van der Waals surface area contributed by atoms with Crippen molar-refractivity contribution in [3.05, 3.63) is 28.7 Å². The molecule has 0 unspecified atom stereocenters. The van der Waals surface area contributed by atoms with E-state index in [9.17, 15) is 18.0 Å². The number of aromatic nitrogens is 3. The largest absolute Gasteiger partial charge is 0.496 e. The van der Waals surface area contributed by atoms with Crippen LogP contribution in [-0.2, 0) is 24.5 Å². The van der Waals surface area contributed by atoms with Gasteiger partial charge < -0.3 is 10.1 Å². The number of halogens is 4. The van der Waals surface area contributed by atoms with E-state index in [1.807, 2.05) is 6.92 Å². The van der Waals surface area contributed by atoms with E-state index in [4.69, 9.17) is 24.8 Å². The molecule has 0 radical (unpaired) electrons. The molecule has 1 aliphatic carbocycles. The number of nitrogens with one attached hydrogen (secondary N) is 1. The minimum atomic E-state index is -4.31. The first-order valence-corrected chi connectivity index (χ1v) is 13.1. The maximum absolute atomic E-state index is 13.0. The second kappa shape index (κ2) is 13.9. The average Bonchev–Trinajstić information content (AvgIpc) is 3.19. The fraction of sp³-hybridized carbons (Fsp3) is 0.625. The molecule has 13 heteroatoms. The number of amides is 1. The summed E-state index contributed by atoms with van der Waals surface area (Å²) in [5.41, 5.74) is 1.27. The van der Waals surface area contributed by atoms with E-state index in [0.29, 0.717) is 36.0 Å². The van der Waals surface area contributed by atoms with Crippen molar-refractivity contribution in [3.8, 4) is 17.0 Å². The van der Waals surface area contributed by atoms with E-state index in [1.54, 1.807) is 4.68 Å². The summed E-state index contributed by atoms with van der Waals surface area (Å²) in [5, 5.41) is 7.52. The third kappa shape index (κ3) is 8.26. The van der Waals surface area contributed by atoms with Crippen LogP contribution in [0.4, 0.5) is 13.2 Å². The fourth-order valence-corrected chi connectivity index (χ4v) is 4.61. The zero-order chi connectivity index (χ0) is 27.8. The Labute approximate surface area is 222 Å². The molecule has 1 amide bonds. The van der Waals surface area contributed by atoms with Gasteiger partial charge in [-0.2, -0.15) is 26.7 Å². The number of nitrogens with zero attached hydrogens (tertiary/aromatic N) is 3. The van der Waals surface area contributed by atoms with Crippen LogP contribution in [0.3, 0.4) is 0 Å². The van der Waals surface area contributed by atoms with E-state index < -0.39 is 23.7 Å². The van der Waals surface area contributed by atoms with Gasteiger partial charge in [0.05, 0.1) is 29.3 Å². The first kappa shape index (κ1) is 30.8. The van der Waals surface area contributed by atoms with Crippen molar-refractivity contribution in [1.82, 2.24) is 20.1 Å². The summed E-state index contributed by atoms with van der Waals surface area (Å²) in [4.78, 5) is 17.1. The Bertz CT molecular complexity index is 1100. The molecule has 0 spiro atoms. The lowest BCUT2D eigenvalue weighted by atomic mass is 9.83. The predicted molar refractivity (Wildman–Crippen MR) is 134 cm³/mol. The van der Waals surface area contributed by atoms with Crippen LogP contribution in [0, 0.1) is 17.8 Å². The monoisotopic (exact) mass is 564 g/mol. The summed E-state index contributed by atoms with van der Waals surface area (Å²) in [5.74, 6) is -0.389. The Kier molecular flexibility index (Phi) is 11.5. The van der Waals surface area contributed by atoms with E-state index in [1.165, 1.54) is 32.2 Å². The van der Waals surface area contributed by atoms with Gasteiger partial charge >= 0.3 is 17.7 Å². The van der Waals surface area contributed by atoms with Crippen molar-refractivity contribution in [3.63, 3.8) is 0 Å². The van der Waals surface area contributed by atoms with Crippen molar-refractivity contribution in [2.24, 2.45) is 17.8 Å². The highest BCUT2D eigenvalue weighted by atomic mass is 35.5. The molecule has 37 heavy (non-hydrogen) atoms. The number of methoxy groups -OCH3 is 1. The predicted octanol–water partition coefficient (Wildman–Crippen LogP) is 5.25. The number of carbonyl (C=O) groups is 1. The van der Waals surface area contributed by atoms with Crippen molar-refractivity contribution in [2.75, 3.05) is 13.7 Å². The molecule has 0 aliphatic heterocycles. The summed E-state index contributed by atoms with van der Waals surface area (Å²) in [6.45, 7) is 6.23. The summed E-state index contributed by atoms with van der Waals surface area (Å²) >= 11 is 5.86. The Morgan fingerprint density at radius 1 is 1.30 bits per heavy atom. The molecule has 1 fully saturated rings. The van der Waals surface area contributed by atoms with Gasteiger partial charge in [0.1, 0.15) is 5.75 Å². The first-order valence-electron chi connectivity index (χ1n) is 12.0. The van der Waals surface area contributed by atoms with E-state index in [0.717, 1.165) is 25.7 Å². The minimum absolute atomic E-state index is 0.111. The standard InChI is InChI=1S/C24H32ClF3N4O2.O2S/c1-5-32-22(18-13-29-17(11-19(18)34-4)10-15(3)24(26,27)28)20(25)21(31-32)23(33)30-12-16-8-6-14(2)7-9-16;1-3-2/h11,13-16H,5-10,12H2,1-4H3,(H,30,33);/t14?,15-,16?;/m0./s1. The van der Waals surface area contributed by atoms with Crippen molar-refractivity contribution < 1.29 is 31.1 Å². The van der Waals surface area contributed by atoms with Crippen LogP contribution in [0.1, 0.15) is 62.6 Å². The van der Waals surface area contributed by atoms with E-state index in [-0.39, 0.29) is 28.7 Å². The first-order chi connectivity index (χ1) is 17.5. The SMILES string of the molecule is CCn1nc(C(=O)NCC2CCC(C)CC2)c(Cl)c1-c1cnc(C[C@H](C)C(F)(F)F)cc1OC.O=S=O. The second-order valence-corrected chi connectivity index (χ2v) is 9.77. The average molecular weight is 565 g/mol. The molecule has 3 rings (SSSR count). The Balaban J connectivity index is 0.00000153. The maximum Gasteiger partial charge on any atom is 0.391 e. The zero-order valence-corrected chi connectivity index (χ0v) is 22.8. The molecule has 1 N–H and O–H groups in total. The normalized spacial score (nSPS) is 18.4. The van der Waals surface area contributed by atoms with Gasteiger partial charge in [-0.25, -0.2) is 0 Å². The third-order valence-corrected chi connectivity index (χ3v) is 6.93. The molecule has 0 aromatic carbocycles. The highest BCUT2D eigenvalue weighted by Crippen LogP contribution is 2.38. The molecule has 0 bridgehead atoms. The molecule has 2 aromatic rings. The van der Waals surface area contributed by atoms with Crippen LogP contribution >= 0.6 is 11.6 Å². The summed E-state index contributed by atoms with van der Waals surface area (Å²) in [6, 6.07) is 1.48. The molecule has 206 valence electrons. The lowest BCUT2D eigenvalue weighted by Crippen LogP contribution is -2.31. The molecule has 1 saturated carbocycles. The van der Waals surface area contributed by atoms with E-state index >= 15 is 0 Å². The van der Waals surface area contributed by atoms with Gasteiger partial charge in [-0.3, -0.25) is 14.5 Å². The van der Waals surface area contributed by atoms with Gasteiger partial charge in [0, 0.05) is 37.5 Å². The smallest absolute Gasteiger partial charge is 0.391 e. The zero-order valence-electron chi connectivity index (χ0n) is 21.2. The van der Waals surface area contributed by atoms with Crippen molar-refractivity contribution in [2.45, 2.75) is 65.6 Å². The van der Waals surface area contributed by atoms with Crippen LogP contribution in [0.5, 0.6) is 5.75 Å². The highest BCUT2D eigenvalue weighted by Gasteiger charge is 2.36. The number of ether oxygens (including phenoxy) is 1. The van der Waals surface area contributed by atoms with Gasteiger partial charge in [-0.1, -0.05) is 38.3 Å². The minimum Gasteiger partial charge on any atom is -0.496 e. The van der Waals surface area contributed by atoms with E-state index in [2.05, 4.69) is 22.3 Å². The fourth-order valence-electron chi connectivity index (χ4n) is 4.29. The molecule has 2 heterocycles. The number of pyridine rings is 1. The van der Waals surface area contributed by atoms with Crippen LogP contribution in [0.25, 0.3) is 11.3 Å². The second-order valence-electron chi connectivity index (χ2n) is 9.25. The number of rotatable bonds is 8. The number of hydrogen-bond acceptors (Lipinski definition) is 6. The molecule has 0 saturated heterocycles. The van der Waals surface area contributed by atoms with Crippen LogP contribution in [0.15, 0.2) is 12.3 Å². The molecular weight excluding hydrogens is 533 g/mol. The molecular formula is C24H32ClF3N4O4S. The Morgan fingerprint density at radius 2 is 1.92 bits per heavy atom. The van der Waals surface area contributed by atoms with Crippen molar-refractivity contribution >= 4 is 29.1 Å². The lowest BCUT2D eigenvalue weighted by molar-refractivity contribution is -0.169. The summed E-state index contributed by atoms with van der Waals surface area (Å²) in [7, 11) is 1.43. The molecule has 1 aliphatic rings. The van der Waals surface area contributed by atoms with Crippen LogP contribution in [-0.4, -0.2) is 48.9 Å². The van der Waals surface area contributed by atoms with Crippen molar-refractivity contribution in [1.29, 1.82) is 0 Å². The number of carbonyl (C=O) groups excluding carboxylic acids is 1. The van der Waals surface area contributed by atoms with Gasteiger partial charge in [0.2, 0.25) is 0 Å². The van der Waals surface area contributed by atoms with Gasteiger partial charge in [0.25, 0.3) is 5.91 Å². The third-order valence-electron chi connectivity index (χ3n) is 6.57.